The first-order chi connectivity index (χ1) is 13.2. The predicted molar refractivity (Wildman–Crippen MR) is 106 cm³/mol. The van der Waals surface area contributed by atoms with Gasteiger partial charge in [0.05, 0.1) is 0 Å². The van der Waals surface area contributed by atoms with E-state index in [0.717, 1.165) is 36.8 Å². The van der Waals surface area contributed by atoms with Gasteiger partial charge in [0, 0.05) is 30.3 Å². The fraction of sp³-hybridized carbons (Fsp3) is 0.304. The van der Waals surface area contributed by atoms with Crippen LogP contribution in [0.5, 0.6) is 0 Å². The van der Waals surface area contributed by atoms with Crippen LogP contribution in [0, 0.1) is 0 Å². The van der Waals surface area contributed by atoms with E-state index in [4.69, 9.17) is 0 Å². The number of carbonyl (C=O) groups excluding carboxylic acids is 2. The molecule has 2 saturated carbocycles. The highest BCUT2D eigenvalue weighted by Gasteiger charge is 2.31. The summed E-state index contributed by atoms with van der Waals surface area (Å²) in [6.07, 6.45) is 7.81. The van der Waals surface area contributed by atoms with Crippen molar-refractivity contribution < 1.29 is 9.59 Å². The summed E-state index contributed by atoms with van der Waals surface area (Å²) in [5.74, 6) is 0.0295. The second kappa shape index (κ2) is 7.78. The molecule has 138 valence electrons. The number of benzene rings is 2. The fourth-order valence-electron chi connectivity index (χ4n) is 3.06. The van der Waals surface area contributed by atoms with Crippen LogP contribution in [0.2, 0.25) is 0 Å². The summed E-state index contributed by atoms with van der Waals surface area (Å²) in [6, 6.07) is 18.1. The summed E-state index contributed by atoms with van der Waals surface area (Å²) in [6.45, 7) is 0.577. The van der Waals surface area contributed by atoms with Crippen LogP contribution in [0.25, 0.3) is 6.08 Å². The fourth-order valence-corrected chi connectivity index (χ4v) is 3.06. The van der Waals surface area contributed by atoms with E-state index in [2.05, 4.69) is 5.32 Å². The topological polar surface area (TPSA) is 49.4 Å². The molecule has 0 heterocycles. The lowest BCUT2D eigenvalue weighted by Gasteiger charge is -2.21. The van der Waals surface area contributed by atoms with Crippen molar-refractivity contribution in [2.24, 2.45) is 0 Å². The molecule has 2 aromatic carbocycles. The van der Waals surface area contributed by atoms with E-state index in [0.29, 0.717) is 24.2 Å². The lowest BCUT2D eigenvalue weighted by Crippen LogP contribution is -2.31. The van der Waals surface area contributed by atoms with Crippen LogP contribution in [0.15, 0.2) is 60.7 Å². The van der Waals surface area contributed by atoms with Crippen molar-refractivity contribution in [3.63, 3.8) is 0 Å². The molecule has 0 spiro atoms. The minimum Gasteiger partial charge on any atom is -0.349 e. The van der Waals surface area contributed by atoms with Crippen LogP contribution in [0.3, 0.4) is 0 Å². The molecule has 0 unspecified atom stereocenters. The largest absolute Gasteiger partial charge is 0.349 e. The average Bonchev–Trinajstić information content (AvgIpc) is 3.60. The molecule has 0 saturated heterocycles. The molecule has 0 radical (unpaired) electrons. The SMILES string of the molecule is O=C(NC1CC1)c1ccc(CN(C(=O)/C=C/c2ccccc2)C2CC2)cc1. The van der Waals surface area contributed by atoms with E-state index in [1.807, 2.05) is 65.6 Å². The van der Waals surface area contributed by atoms with Gasteiger partial charge in [-0.15, -0.1) is 0 Å². The maximum Gasteiger partial charge on any atom is 0.251 e. The highest BCUT2D eigenvalue weighted by molar-refractivity contribution is 5.94. The summed E-state index contributed by atoms with van der Waals surface area (Å²) in [5.41, 5.74) is 2.75. The average molecular weight is 360 g/mol. The Hall–Kier alpha value is -2.88. The molecular formula is C23H24N2O2. The molecule has 0 bridgehead atoms. The van der Waals surface area contributed by atoms with E-state index in [1.165, 1.54) is 0 Å². The van der Waals surface area contributed by atoms with Gasteiger partial charge < -0.3 is 10.2 Å². The van der Waals surface area contributed by atoms with Crippen LogP contribution < -0.4 is 5.32 Å². The van der Waals surface area contributed by atoms with E-state index >= 15 is 0 Å². The molecule has 0 aliphatic heterocycles. The molecule has 2 aliphatic carbocycles. The number of hydrogen-bond acceptors (Lipinski definition) is 2. The van der Waals surface area contributed by atoms with Gasteiger partial charge in [-0.25, -0.2) is 0 Å². The monoisotopic (exact) mass is 360 g/mol. The zero-order valence-electron chi connectivity index (χ0n) is 15.3. The third-order valence-electron chi connectivity index (χ3n) is 4.97. The summed E-state index contributed by atoms with van der Waals surface area (Å²) < 4.78 is 0. The summed E-state index contributed by atoms with van der Waals surface area (Å²) in [5, 5.41) is 3.00. The number of carbonyl (C=O) groups is 2. The summed E-state index contributed by atoms with van der Waals surface area (Å²) in [4.78, 5) is 26.7. The number of hydrogen-bond donors (Lipinski definition) is 1. The zero-order valence-corrected chi connectivity index (χ0v) is 15.3. The molecule has 4 rings (SSSR count). The zero-order chi connectivity index (χ0) is 18.6. The minimum absolute atomic E-state index is 0.00929. The lowest BCUT2D eigenvalue weighted by molar-refractivity contribution is -0.127. The Bertz CT molecular complexity index is 834. The molecule has 4 heteroatoms. The van der Waals surface area contributed by atoms with Gasteiger partial charge in [-0.1, -0.05) is 42.5 Å². The first-order valence-corrected chi connectivity index (χ1v) is 9.62. The number of nitrogens with one attached hydrogen (secondary N) is 1. The Morgan fingerprint density at radius 2 is 1.67 bits per heavy atom. The van der Waals surface area contributed by atoms with Crippen molar-refractivity contribution in [2.75, 3.05) is 0 Å². The molecule has 1 N–H and O–H groups in total. The van der Waals surface area contributed by atoms with Gasteiger partial charge in [0.15, 0.2) is 0 Å². The molecule has 2 amide bonds. The van der Waals surface area contributed by atoms with Crippen LogP contribution in [0.1, 0.15) is 47.2 Å². The Balaban J connectivity index is 1.40. The molecular weight excluding hydrogens is 336 g/mol. The number of nitrogens with zero attached hydrogens (tertiary/aromatic N) is 1. The first kappa shape index (κ1) is 17.5. The van der Waals surface area contributed by atoms with Crippen molar-refractivity contribution >= 4 is 17.9 Å². The van der Waals surface area contributed by atoms with Crippen molar-refractivity contribution in [3.8, 4) is 0 Å². The maximum absolute atomic E-state index is 12.7. The van der Waals surface area contributed by atoms with Gasteiger partial charge in [0.2, 0.25) is 5.91 Å². The van der Waals surface area contributed by atoms with Crippen LogP contribution in [-0.2, 0) is 11.3 Å². The van der Waals surface area contributed by atoms with Crippen LogP contribution >= 0.6 is 0 Å². The van der Waals surface area contributed by atoms with Crippen molar-refractivity contribution in [1.29, 1.82) is 0 Å². The molecule has 0 aromatic heterocycles. The van der Waals surface area contributed by atoms with E-state index in [1.54, 1.807) is 6.08 Å². The second-order valence-corrected chi connectivity index (χ2v) is 7.39. The Morgan fingerprint density at radius 3 is 2.30 bits per heavy atom. The van der Waals surface area contributed by atoms with Gasteiger partial charge >= 0.3 is 0 Å². The predicted octanol–water partition coefficient (Wildman–Crippen LogP) is 3.78. The molecule has 2 aromatic rings. The third kappa shape index (κ3) is 4.85. The molecule has 2 aliphatic rings. The number of amides is 2. The van der Waals surface area contributed by atoms with E-state index in [-0.39, 0.29) is 11.8 Å². The molecule has 0 atom stereocenters. The van der Waals surface area contributed by atoms with Crippen LogP contribution in [-0.4, -0.2) is 28.8 Å². The highest BCUT2D eigenvalue weighted by atomic mass is 16.2. The quantitative estimate of drug-likeness (QED) is 0.764. The van der Waals surface area contributed by atoms with Gasteiger partial charge in [0.1, 0.15) is 0 Å². The van der Waals surface area contributed by atoms with Gasteiger partial charge in [-0.2, -0.15) is 0 Å². The van der Waals surface area contributed by atoms with E-state index in [9.17, 15) is 9.59 Å². The molecule has 4 nitrogen and oxygen atoms in total. The summed E-state index contributed by atoms with van der Waals surface area (Å²) in [7, 11) is 0. The third-order valence-corrected chi connectivity index (χ3v) is 4.97. The van der Waals surface area contributed by atoms with E-state index < -0.39 is 0 Å². The standard InChI is InChI=1S/C23H24N2O2/c26-22(15-8-17-4-2-1-3-5-17)25(21-13-14-21)16-18-6-9-19(10-7-18)23(27)24-20-11-12-20/h1-10,15,20-21H,11-14,16H2,(H,24,27)/b15-8+. The first-order valence-electron chi connectivity index (χ1n) is 9.62. The Labute approximate surface area is 159 Å². The lowest BCUT2D eigenvalue weighted by atomic mass is 10.1. The Kier molecular flexibility index (Phi) is 5.05. The maximum atomic E-state index is 12.7. The van der Waals surface area contributed by atoms with Crippen molar-refractivity contribution in [1.82, 2.24) is 10.2 Å². The molecule has 27 heavy (non-hydrogen) atoms. The highest BCUT2D eigenvalue weighted by Crippen LogP contribution is 2.29. The Morgan fingerprint density at radius 1 is 0.963 bits per heavy atom. The number of rotatable bonds is 7. The van der Waals surface area contributed by atoms with Crippen LogP contribution in [0.4, 0.5) is 0 Å². The van der Waals surface area contributed by atoms with Gasteiger partial charge in [0.25, 0.3) is 5.91 Å². The van der Waals surface area contributed by atoms with Crippen molar-refractivity contribution in [2.45, 2.75) is 44.3 Å². The summed E-state index contributed by atoms with van der Waals surface area (Å²) >= 11 is 0. The van der Waals surface area contributed by atoms with Crippen molar-refractivity contribution in [3.05, 3.63) is 77.4 Å². The van der Waals surface area contributed by atoms with Gasteiger partial charge in [-0.3, -0.25) is 9.59 Å². The normalized spacial score (nSPS) is 16.3. The minimum atomic E-state index is -0.00929. The van der Waals surface area contributed by atoms with Gasteiger partial charge in [-0.05, 0) is 55.0 Å². The smallest absolute Gasteiger partial charge is 0.251 e. The molecule has 2 fully saturated rings. The second-order valence-electron chi connectivity index (χ2n) is 7.39.